The van der Waals surface area contributed by atoms with Crippen LogP contribution in [-0.4, -0.2) is 21.8 Å². The van der Waals surface area contributed by atoms with Crippen LogP contribution >= 0.6 is 11.8 Å². The number of hydrogen-bond acceptors (Lipinski definition) is 5. The van der Waals surface area contributed by atoms with Crippen molar-refractivity contribution in [1.82, 2.24) is 15.5 Å². The van der Waals surface area contributed by atoms with Crippen molar-refractivity contribution in [2.24, 2.45) is 0 Å². The minimum absolute atomic E-state index is 0.282. The lowest BCUT2D eigenvalue weighted by Crippen LogP contribution is -2.14. The zero-order valence-electron chi connectivity index (χ0n) is 7.19. The Labute approximate surface area is 80.5 Å². The van der Waals surface area contributed by atoms with E-state index < -0.39 is 0 Å². The molecule has 1 aromatic heterocycles. The maximum Gasteiger partial charge on any atom is 0.244 e. The largest absolute Gasteiger partial charge is 0.338 e. The Morgan fingerprint density at radius 3 is 3.08 bits per heavy atom. The molecule has 3 rings (SSSR count). The summed E-state index contributed by atoms with van der Waals surface area (Å²) in [6, 6.07) is 0.282. The van der Waals surface area contributed by atoms with E-state index in [4.69, 9.17) is 4.52 Å². The van der Waals surface area contributed by atoms with E-state index in [0.717, 1.165) is 23.3 Å². The molecule has 1 saturated heterocycles. The maximum absolute atomic E-state index is 5.21. The number of rotatable bonds is 2. The zero-order valence-corrected chi connectivity index (χ0v) is 8.01. The van der Waals surface area contributed by atoms with Gasteiger partial charge >= 0.3 is 0 Å². The highest BCUT2D eigenvalue weighted by Gasteiger charge is 2.30. The average molecular weight is 197 g/mol. The molecule has 1 aliphatic heterocycles. The first-order chi connectivity index (χ1) is 6.43. The molecule has 0 bridgehead atoms. The Morgan fingerprint density at radius 1 is 1.46 bits per heavy atom. The average Bonchev–Trinajstić information content (AvgIpc) is 2.72. The maximum atomic E-state index is 5.21. The second-order valence-electron chi connectivity index (χ2n) is 3.54. The topological polar surface area (TPSA) is 51.0 Å². The van der Waals surface area contributed by atoms with E-state index >= 15 is 0 Å². The van der Waals surface area contributed by atoms with Crippen LogP contribution in [0.25, 0.3) is 0 Å². The standard InChI is InChI=1S/C8H11N3OS/c1-2-5(1)7-10-8(12-11-7)6-3-13-4-9-6/h5-6,9H,1-4H2. The van der Waals surface area contributed by atoms with Crippen molar-refractivity contribution in [1.29, 1.82) is 0 Å². The molecule has 2 aliphatic rings. The molecule has 1 N–H and O–H groups in total. The summed E-state index contributed by atoms with van der Waals surface area (Å²) in [6.45, 7) is 0. The molecule has 0 amide bonds. The first-order valence-electron chi connectivity index (χ1n) is 4.58. The third-order valence-corrected chi connectivity index (χ3v) is 3.35. The van der Waals surface area contributed by atoms with Crippen LogP contribution in [0.5, 0.6) is 0 Å². The Morgan fingerprint density at radius 2 is 2.38 bits per heavy atom. The zero-order chi connectivity index (χ0) is 8.67. The van der Waals surface area contributed by atoms with Crippen LogP contribution in [0.15, 0.2) is 4.52 Å². The summed E-state index contributed by atoms with van der Waals surface area (Å²) in [7, 11) is 0. The minimum Gasteiger partial charge on any atom is -0.338 e. The molecule has 5 heteroatoms. The number of nitrogens with zero attached hydrogens (tertiary/aromatic N) is 2. The quantitative estimate of drug-likeness (QED) is 0.774. The normalized spacial score (nSPS) is 28.2. The van der Waals surface area contributed by atoms with Crippen LogP contribution in [0.2, 0.25) is 0 Å². The van der Waals surface area contributed by atoms with Gasteiger partial charge in [0, 0.05) is 17.5 Å². The summed E-state index contributed by atoms with van der Waals surface area (Å²) in [4.78, 5) is 4.40. The van der Waals surface area contributed by atoms with Crippen LogP contribution in [0, 0.1) is 0 Å². The number of aromatic nitrogens is 2. The highest BCUT2D eigenvalue weighted by Crippen LogP contribution is 2.38. The number of thioether (sulfide) groups is 1. The van der Waals surface area contributed by atoms with E-state index in [0.29, 0.717) is 5.92 Å². The Balaban J connectivity index is 1.79. The fourth-order valence-electron chi connectivity index (χ4n) is 1.45. The van der Waals surface area contributed by atoms with Gasteiger partial charge in [-0.05, 0) is 12.8 Å². The van der Waals surface area contributed by atoms with Crippen LogP contribution < -0.4 is 5.32 Å². The van der Waals surface area contributed by atoms with Gasteiger partial charge in [0.1, 0.15) is 0 Å². The van der Waals surface area contributed by atoms with Gasteiger partial charge in [0.25, 0.3) is 0 Å². The first-order valence-corrected chi connectivity index (χ1v) is 5.73. The SMILES string of the molecule is C1NC(c2nc(C3CC3)no2)CS1. The summed E-state index contributed by atoms with van der Waals surface area (Å²) >= 11 is 1.87. The Hall–Kier alpha value is -0.550. The van der Waals surface area contributed by atoms with Crippen molar-refractivity contribution in [2.45, 2.75) is 24.8 Å². The lowest BCUT2D eigenvalue weighted by molar-refractivity contribution is 0.347. The minimum atomic E-state index is 0.282. The molecular formula is C8H11N3OS. The van der Waals surface area contributed by atoms with Crippen LogP contribution in [0.3, 0.4) is 0 Å². The van der Waals surface area contributed by atoms with E-state index in [-0.39, 0.29) is 6.04 Å². The van der Waals surface area contributed by atoms with Gasteiger partial charge in [0.2, 0.25) is 5.89 Å². The van der Waals surface area contributed by atoms with Gasteiger partial charge in [-0.15, -0.1) is 11.8 Å². The molecule has 2 heterocycles. The molecule has 1 aliphatic carbocycles. The first kappa shape index (κ1) is 7.82. The van der Waals surface area contributed by atoms with E-state index in [1.165, 1.54) is 12.8 Å². The van der Waals surface area contributed by atoms with Crippen LogP contribution in [0.4, 0.5) is 0 Å². The Kier molecular flexibility index (Phi) is 1.80. The van der Waals surface area contributed by atoms with Crippen molar-refractivity contribution < 1.29 is 4.52 Å². The Bertz CT molecular complexity index is 304. The van der Waals surface area contributed by atoms with E-state index in [1.54, 1.807) is 0 Å². The fourth-order valence-corrected chi connectivity index (χ4v) is 2.38. The second-order valence-corrected chi connectivity index (χ2v) is 4.57. The molecule has 1 atom stereocenters. The van der Waals surface area contributed by atoms with Gasteiger partial charge in [-0.1, -0.05) is 5.16 Å². The van der Waals surface area contributed by atoms with Crippen molar-refractivity contribution in [3.63, 3.8) is 0 Å². The third-order valence-electron chi connectivity index (χ3n) is 2.41. The molecule has 0 radical (unpaired) electrons. The van der Waals surface area contributed by atoms with Crippen LogP contribution in [0.1, 0.15) is 36.5 Å². The van der Waals surface area contributed by atoms with Crippen molar-refractivity contribution >= 4 is 11.8 Å². The van der Waals surface area contributed by atoms with Crippen molar-refractivity contribution in [3.8, 4) is 0 Å². The molecule has 1 aromatic rings. The van der Waals surface area contributed by atoms with Gasteiger partial charge in [-0.25, -0.2) is 0 Å². The van der Waals surface area contributed by atoms with Gasteiger partial charge in [0.15, 0.2) is 5.82 Å². The van der Waals surface area contributed by atoms with E-state index in [9.17, 15) is 0 Å². The molecule has 0 spiro atoms. The van der Waals surface area contributed by atoms with Crippen molar-refractivity contribution in [2.75, 3.05) is 11.6 Å². The molecule has 0 aromatic carbocycles. The number of nitrogens with one attached hydrogen (secondary N) is 1. The molecular weight excluding hydrogens is 186 g/mol. The fraction of sp³-hybridized carbons (Fsp3) is 0.750. The highest BCUT2D eigenvalue weighted by atomic mass is 32.2. The molecule has 13 heavy (non-hydrogen) atoms. The smallest absolute Gasteiger partial charge is 0.244 e. The number of hydrogen-bond donors (Lipinski definition) is 1. The predicted molar refractivity (Wildman–Crippen MR) is 49.5 cm³/mol. The molecule has 1 unspecified atom stereocenters. The predicted octanol–water partition coefficient (Wildman–Crippen LogP) is 1.28. The van der Waals surface area contributed by atoms with Crippen LogP contribution in [-0.2, 0) is 0 Å². The van der Waals surface area contributed by atoms with Crippen molar-refractivity contribution in [3.05, 3.63) is 11.7 Å². The van der Waals surface area contributed by atoms with Gasteiger partial charge in [0.05, 0.1) is 6.04 Å². The van der Waals surface area contributed by atoms with Gasteiger partial charge in [-0.2, -0.15) is 4.98 Å². The second kappa shape index (κ2) is 2.99. The molecule has 70 valence electrons. The summed E-state index contributed by atoms with van der Waals surface area (Å²) in [5.41, 5.74) is 0. The van der Waals surface area contributed by atoms with Gasteiger partial charge < -0.3 is 4.52 Å². The summed E-state index contributed by atoms with van der Waals surface area (Å²) < 4.78 is 5.21. The summed E-state index contributed by atoms with van der Waals surface area (Å²) in [5.74, 6) is 4.31. The molecule has 4 nitrogen and oxygen atoms in total. The lowest BCUT2D eigenvalue weighted by Gasteiger charge is -1.99. The highest BCUT2D eigenvalue weighted by molar-refractivity contribution is 7.99. The van der Waals surface area contributed by atoms with E-state index in [2.05, 4.69) is 15.5 Å². The molecule has 2 fully saturated rings. The van der Waals surface area contributed by atoms with Gasteiger partial charge in [-0.3, -0.25) is 5.32 Å². The molecule has 1 saturated carbocycles. The third kappa shape index (κ3) is 1.46. The lowest BCUT2D eigenvalue weighted by atomic mass is 10.3. The van der Waals surface area contributed by atoms with E-state index in [1.807, 2.05) is 11.8 Å². The monoisotopic (exact) mass is 197 g/mol. The summed E-state index contributed by atoms with van der Waals surface area (Å²) in [6.07, 6.45) is 2.46. The summed E-state index contributed by atoms with van der Waals surface area (Å²) in [5, 5.41) is 7.30.